The fraction of sp³-hybridized carbons (Fsp3) is 0.462. The van der Waals surface area contributed by atoms with E-state index in [4.69, 9.17) is 10.3 Å². The number of aryl methyl sites for hydroxylation is 1. The first-order valence-corrected chi connectivity index (χ1v) is 6.06. The largest absolute Gasteiger partial charge is 0.338 e. The fourth-order valence-electron chi connectivity index (χ4n) is 1.61. The summed E-state index contributed by atoms with van der Waals surface area (Å²) in [5.41, 5.74) is 7.35. The minimum absolute atomic E-state index is 0.269. The Labute approximate surface area is 106 Å². The number of rotatable bonds is 4. The Hall–Kier alpha value is -1.75. The Morgan fingerprint density at radius 1 is 1.44 bits per heavy atom. The second kappa shape index (κ2) is 4.86. The molecule has 2 aromatic rings. The molecule has 2 rings (SSSR count). The predicted molar refractivity (Wildman–Crippen MR) is 69.0 cm³/mol. The van der Waals surface area contributed by atoms with Crippen LogP contribution >= 0.6 is 0 Å². The van der Waals surface area contributed by atoms with E-state index in [9.17, 15) is 0 Å². The van der Waals surface area contributed by atoms with Crippen LogP contribution < -0.4 is 5.73 Å². The van der Waals surface area contributed by atoms with Crippen molar-refractivity contribution >= 4 is 0 Å². The summed E-state index contributed by atoms with van der Waals surface area (Å²) < 4.78 is 5.32. The van der Waals surface area contributed by atoms with E-state index in [1.807, 2.05) is 26.0 Å². The molecule has 0 aromatic carbocycles. The lowest BCUT2D eigenvalue weighted by Gasteiger charge is -2.20. The smallest absolute Gasteiger partial charge is 0.234 e. The summed E-state index contributed by atoms with van der Waals surface area (Å²) in [6.07, 6.45) is 2.59. The van der Waals surface area contributed by atoms with E-state index in [0.717, 1.165) is 17.7 Å². The highest BCUT2D eigenvalue weighted by molar-refractivity contribution is 5.49. The summed E-state index contributed by atoms with van der Waals surface area (Å²) >= 11 is 0. The predicted octanol–water partition coefficient (Wildman–Crippen LogP) is 2.07. The molecule has 0 radical (unpaired) electrons. The van der Waals surface area contributed by atoms with Gasteiger partial charge in [-0.2, -0.15) is 4.98 Å². The molecule has 2 aromatic heterocycles. The second-order valence-corrected chi connectivity index (χ2v) is 4.76. The monoisotopic (exact) mass is 246 g/mol. The molecule has 96 valence electrons. The number of hydrogen-bond donors (Lipinski definition) is 1. The third kappa shape index (κ3) is 2.26. The Kier molecular flexibility index (Phi) is 3.43. The van der Waals surface area contributed by atoms with Crippen molar-refractivity contribution in [2.24, 2.45) is 5.73 Å². The van der Waals surface area contributed by atoms with E-state index < -0.39 is 0 Å². The van der Waals surface area contributed by atoms with Crippen LogP contribution in [0.4, 0.5) is 0 Å². The maximum absolute atomic E-state index is 5.78. The van der Waals surface area contributed by atoms with Crippen LogP contribution in [0.5, 0.6) is 0 Å². The van der Waals surface area contributed by atoms with E-state index in [2.05, 4.69) is 22.0 Å². The van der Waals surface area contributed by atoms with Gasteiger partial charge in [0.1, 0.15) is 5.69 Å². The van der Waals surface area contributed by atoms with Crippen molar-refractivity contribution in [3.8, 4) is 11.5 Å². The number of nitrogens with two attached hydrogens (primary N) is 1. The molecule has 18 heavy (non-hydrogen) atoms. The lowest BCUT2D eigenvalue weighted by Crippen LogP contribution is -2.31. The third-order valence-corrected chi connectivity index (χ3v) is 3.32. The fourth-order valence-corrected chi connectivity index (χ4v) is 1.61. The van der Waals surface area contributed by atoms with Crippen molar-refractivity contribution in [2.75, 3.05) is 6.54 Å². The van der Waals surface area contributed by atoms with E-state index in [1.54, 1.807) is 6.20 Å². The molecule has 1 unspecified atom stereocenters. The molecule has 1 atom stereocenters. The molecule has 0 saturated carbocycles. The molecule has 0 fully saturated rings. The Bertz CT molecular complexity index is 531. The molecular formula is C13H18N4O. The summed E-state index contributed by atoms with van der Waals surface area (Å²) in [6, 6.07) is 3.86. The Morgan fingerprint density at radius 3 is 2.83 bits per heavy atom. The highest BCUT2D eigenvalue weighted by Crippen LogP contribution is 2.26. The van der Waals surface area contributed by atoms with Crippen LogP contribution in [0.3, 0.4) is 0 Å². The summed E-state index contributed by atoms with van der Waals surface area (Å²) in [5, 5.41) is 3.99. The van der Waals surface area contributed by atoms with E-state index in [-0.39, 0.29) is 5.41 Å². The molecule has 2 N–H and O–H groups in total. The van der Waals surface area contributed by atoms with Gasteiger partial charge in [-0.3, -0.25) is 4.98 Å². The number of hydrogen-bond acceptors (Lipinski definition) is 5. The second-order valence-electron chi connectivity index (χ2n) is 4.76. The zero-order valence-corrected chi connectivity index (χ0v) is 11.0. The van der Waals surface area contributed by atoms with Gasteiger partial charge in [0.25, 0.3) is 0 Å². The van der Waals surface area contributed by atoms with Gasteiger partial charge in [0, 0.05) is 12.7 Å². The lowest BCUT2D eigenvalue weighted by molar-refractivity contribution is 0.291. The minimum Gasteiger partial charge on any atom is -0.338 e. The van der Waals surface area contributed by atoms with Crippen molar-refractivity contribution in [2.45, 2.75) is 32.6 Å². The first-order valence-electron chi connectivity index (χ1n) is 6.06. The van der Waals surface area contributed by atoms with Crippen molar-refractivity contribution in [1.82, 2.24) is 15.1 Å². The average molecular weight is 246 g/mol. The molecule has 0 spiro atoms. The van der Waals surface area contributed by atoms with Crippen LogP contribution in [0.25, 0.3) is 11.5 Å². The molecule has 0 aliphatic carbocycles. The highest BCUT2D eigenvalue weighted by Gasteiger charge is 2.30. The van der Waals surface area contributed by atoms with Crippen molar-refractivity contribution in [3.63, 3.8) is 0 Å². The first-order chi connectivity index (χ1) is 8.59. The van der Waals surface area contributed by atoms with Gasteiger partial charge in [0.15, 0.2) is 0 Å². The number of aromatic nitrogens is 3. The number of pyridine rings is 1. The van der Waals surface area contributed by atoms with Gasteiger partial charge in [-0.15, -0.1) is 0 Å². The maximum atomic E-state index is 5.78. The van der Waals surface area contributed by atoms with Gasteiger partial charge in [0.2, 0.25) is 11.7 Å². The van der Waals surface area contributed by atoms with Crippen LogP contribution in [0.15, 0.2) is 22.9 Å². The summed E-state index contributed by atoms with van der Waals surface area (Å²) in [4.78, 5) is 8.66. The molecule has 5 nitrogen and oxygen atoms in total. The van der Waals surface area contributed by atoms with Crippen molar-refractivity contribution < 1.29 is 4.52 Å². The molecule has 0 aliphatic rings. The topological polar surface area (TPSA) is 77.8 Å². The standard InChI is InChI=1S/C13H18N4O/c1-4-13(3,8-14)12-16-11(17-18-12)10-7-9(2)5-6-15-10/h5-7H,4,8,14H2,1-3H3. The van der Waals surface area contributed by atoms with Gasteiger partial charge in [-0.25, -0.2) is 0 Å². The quantitative estimate of drug-likeness (QED) is 0.893. The molecule has 2 heterocycles. The van der Waals surface area contributed by atoms with Crippen LogP contribution in [0.1, 0.15) is 31.7 Å². The van der Waals surface area contributed by atoms with Gasteiger partial charge < -0.3 is 10.3 Å². The first kappa shape index (κ1) is 12.7. The highest BCUT2D eigenvalue weighted by atomic mass is 16.5. The van der Waals surface area contributed by atoms with E-state index in [1.165, 1.54) is 0 Å². The maximum Gasteiger partial charge on any atom is 0.234 e. The molecule has 0 saturated heterocycles. The van der Waals surface area contributed by atoms with Gasteiger partial charge >= 0.3 is 0 Å². The Morgan fingerprint density at radius 2 is 2.22 bits per heavy atom. The normalized spacial score (nSPS) is 14.4. The van der Waals surface area contributed by atoms with Crippen molar-refractivity contribution in [3.05, 3.63) is 29.8 Å². The van der Waals surface area contributed by atoms with Gasteiger partial charge in [0.05, 0.1) is 5.41 Å². The lowest BCUT2D eigenvalue weighted by atomic mass is 9.88. The van der Waals surface area contributed by atoms with Crippen LogP contribution in [0, 0.1) is 6.92 Å². The molecule has 5 heteroatoms. The minimum atomic E-state index is -0.269. The molecule has 0 bridgehead atoms. The molecule has 0 amide bonds. The van der Waals surface area contributed by atoms with Crippen LogP contribution in [0.2, 0.25) is 0 Å². The zero-order valence-electron chi connectivity index (χ0n) is 11.0. The molecule has 0 aliphatic heterocycles. The van der Waals surface area contributed by atoms with Gasteiger partial charge in [-0.1, -0.05) is 12.1 Å². The van der Waals surface area contributed by atoms with Crippen LogP contribution in [-0.4, -0.2) is 21.7 Å². The van der Waals surface area contributed by atoms with Crippen LogP contribution in [-0.2, 0) is 5.41 Å². The molecular weight excluding hydrogens is 228 g/mol. The SMILES string of the molecule is CCC(C)(CN)c1nc(-c2cc(C)ccn2)no1. The summed E-state index contributed by atoms with van der Waals surface area (Å²) in [6.45, 7) is 6.56. The zero-order chi connectivity index (χ0) is 13.2. The number of nitrogens with zero attached hydrogens (tertiary/aromatic N) is 3. The Balaban J connectivity index is 2.36. The third-order valence-electron chi connectivity index (χ3n) is 3.32. The van der Waals surface area contributed by atoms with Crippen molar-refractivity contribution in [1.29, 1.82) is 0 Å². The summed E-state index contributed by atoms with van der Waals surface area (Å²) in [5.74, 6) is 1.09. The average Bonchev–Trinajstić information content (AvgIpc) is 2.88. The summed E-state index contributed by atoms with van der Waals surface area (Å²) in [7, 11) is 0. The van der Waals surface area contributed by atoms with Gasteiger partial charge in [-0.05, 0) is 38.0 Å². The van der Waals surface area contributed by atoms with E-state index >= 15 is 0 Å². The van der Waals surface area contributed by atoms with E-state index in [0.29, 0.717) is 18.3 Å².